The molecule has 1 fully saturated rings. The first-order valence-corrected chi connectivity index (χ1v) is 10.2. The van der Waals surface area contributed by atoms with Gasteiger partial charge in [0.2, 0.25) is 0 Å². The number of para-hydroxylation sites is 1. The smallest absolute Gasteiger partial charge is 0.278 e. The average molecular weight is 411 g/mol. The molecule has 0 radical (unpaired) electrons. The molecule has 29 heavy (non-hydrogen) atoms. The topological polar surface area (TPSA) is 49.9 Å². The number of benzene rings is 2. The summed E-state index contributed by atoms with van der Waals surface area (Å²) in [5.41, 5.74) is 2.29. The zero-order chi connectivity index (χ0) is 20.4. The fourth-order valence-electron chi connectivity index (χ4n) is 4.01. The van der Waals surface area contributed by atoms with E-state index >= 15 is 0 Å². The lowest BCUT2D eigenvalue weighted by Crippen LogP contribution is -2.36. The second-order valence-electron chi connectivity index (χ2n) is 7.26. The van der Waals surface area contributed by atoms with Crippen molar-refractivity contribution >= 4 is 29.0 Å². The number of piperidine rings is 1. The Morgan fingerprint density at radius 2 is 1.62 bits per heavy atom. The molecule has 5 nitrogen and oxygen atoms in total. The number of nitrogens with zero attached hydrogens (tertiary/aromatic N) is 2. The van der Waals surface area contributed by atoms with Gasteiger partial charge >= 0.3 is 0 Å². The van der Waals surface area contributed by atoms with Crippen molar-refractivity contribution in [2.45, 2.75) is 25.8 Å². The summed E-state index contributed by atoms with van der Waals surface area (Å²) in [6.45, 7) is 1.69. The third kappa shape index (κ3) is 3.62. The van der Waals surface area contributed by atoms with Crippen LogP contribution in [0.3, 0.4) is 0 Å². The van der Waals surface area contributed by atoms with Crippen molar-refractivity contribution in [1.82, 2.24) is 9.80 Å². The summed E-state index contributed by atoms with van der Waals surface area (Å²) < 4.78 is 5.49. The Labute approximate surface area is 175 Å². The number of ether oxygens (including phenoxy) is 1. The summed E-state index contributed by atoms with van der Waals surface area (Å²) in [4.78, 5) is 30.3. The molecule has 0 N–H and O–H groups in total. The molecule has 0 saturated carbocycles. The Morgan fingerprint density at radius 3 is 2.34 bits per heavy atom. The molecular formula is C23H23ClN2O3. The van der Waals surface area contributed by atoms with Crippen molar-refractivity contribution in [3.8, 4) is 5.75 Å². The average Bonchev–Trinajstić information content (AvgIpc) is 3.00. The molecule has 2 aliphatic heterocycles. The molecule has 0 spiro atoms. The van der Waals surface area contributed by atoms with Gasteiger partial charge in [-0.25, -0.2) is 0 Å². The predicted octanol–water partition coefficient (Wildman–Crippen LogP) is 4.11. The first-order valence-electron chi connectivity index (χ1n) is 9.84. The maximum absolute atomic E-state index is 13.5. The number of imide groups is 1. The Bertz CT molecular complexity index is 980. The largest absolute Gasteiger partial charge is 0.496 e. The highest BCUT2D eigenvalue weighted by Crippen LogP contribution is 2.38. The number of likely N-dealkylation sites (tertiary alicyclic amines) is 1. The van der Waals surface area contributed by atoms with Crippen LogP contribution >= 0.6 is 11.6 Å². The van der Waals surface area contributed by atoms with Gasteiger partial charge in [-0.2, -0.15) is 0 Å². The van der Waals surface area contributed by atoms with Crippen molar-refractivity contribution in [2.75, 3.05) is 20.2 Å². The maximum Gasteiger partial charge on any atom is 0.278 e. The van der Waals surface area contributed by atoms with E-state index in [-0.39, 0.29) is 18.4 Å². The summed E-state index contributed by atoms with van der Waals surface area (Å²) in [7, 11) is 1.57. The van der Waals surface area contributed by atoms with E-state index < -0.39 is 0 Å². The minimum Gasteiger partial charge on any atom is -0.496 e. The summed E-state index contributed by atoms with van der Waals surface area (Å²) in [5.74, 6) is 0.00970. The van der Waals surface area contributed by atoms with Crippen LogP contribution in [0.5, 0.6) is 5.75 Å². The highest BCUT2D eigenvalue weighted by atomic mass is 35.5. The molecule has 2 heterocycles. The van der Waals surface area contributed by atoms with Crippen LogP contribution < -0.4 is 4.74 Å². The maximum atomic E-state index is 13.5. The van der Waals surface area contributed by atoms with Crippen molar-refractivity contribution < 1.29 is 14.3 Å². The second-order valence-corrected chi connectivity index (χ2v) is 7.67. The summed E-state index contributed by atoms with van der Waals surface area (Å²) in [5, 5.41) is 0.540. The Hall–Kier alpha value is -2.79. The molecule has 2 amide bonds. The first kappa shape index (κ1) is 19.5. The van der Waals surface area contributed by atoms with E-state index in [9.17, 15) is 9.59 Å². The number of carbonyl (C=O) groups excluding carboxylic acids is 2. The highest BCUT2D eigenvalue weighted by Gasteiger charge is 2.42. The fraction of sp³-hybridized carbons (Fsp3) is 0.304. The first-order chi connectivity index (χ1) is 14.1. The Morgan fingerprint density at radius 1 is 0.931 bits per heavy atom. The van der Waals surface area contributed by atoms with E-state index in [2.05, 4.69) is 4.90 Å². The lowest BCUT2D eigenvalue weighted by Gasteiger charge is -2.29. The number of halogens is 1. The fourth-order valence-corrected chi connectivity index (χ4v) is 4.20. The number of hydrogen-bond donors (Lipinski definition) is 0. The molecule has 0 unspecified atom stereocenters. The van der Waals surface area contributed by atoms with Crippen LogP contribution in [0.2, 0.25) is 5.02 Å². The molecule has 2 aromatic carbocycles. The second kappa shape index (κ2) is 8.29. The molecule has 0 aliphatic carbocycles. The summed E-state index contributed by atoms with van der Waals surface area (Å²) in [6, 6.07) is 14.6. The number of methoxy groups -OCH3 is 1. The van der Waals surface area contributed by atoms with Crippen LogP contribution in [0.1, 0.15) is 30.4 Å². The van der Waals surface area contributed by atoms with Crippen LogP contribution in [0, 0.1) is 0 Å². The van der Waals surface area contributed by atoms with Crippen LogP contribution in [0.25, 0.3) is 5.57 Å². The molecule has 1 saturated heterocycles. The van der Waals surface area contributed by atoms with Crippen LogP contribution in [-0.4, -0.2) is 41.8 Å². The van der Waals surface area contributed by atoms with Gasteiger partial charge < -0.3 is 9.64 Å². The normalized spacial score (nSPS) is 17.3. The molecule has 6 heteroatoms. The molecule has 4 rings (SSSR count). The Kier molecular flexibility index (Phi) is 5.58. The van der Waals surface area contributed by atoms with Gasteiger partial charge in [0.05, 0.1) is 19.2 Å². The molecule has 0 atom stereocenters. The zero-order valence-electron chi connectivity index (χ0n) is 16.4. The van der Waals surface area contributed by atoms with Crippen molar-refractivity contribution in [2.24, 2.45) is 0 Å². The van der Waals surface area contributed by atoms with Gasteiger partial charge in [-0.15, -0.1) is 0 Å². The van der Waals surface area contributed by atoms with Crippen LogP contribution in [0.4, 0.5) is 0 Å². The van der Waals surface area contributed by atoms with Crippen LogP contribution in [0.15, 0.2) is 54.2 Å². The third-order valence-electron chi connectivity index (χ3n) is 5.48. The number of amides is 2. The number of carbonyl (C=O) groups is 2. The van der Waals surface area contributed by atoms with Crippen LogP contribution in [-0.2, 0) is 16.1 Å². The van der Waals surface area contributed by atoms with Gasteiger partial charge in [0, 0.05) is 23.7 Å². The molecule has 0 aromatic heterocycles. The molecule has 2 aliphatic rings. The molecule has 2 aromatic rings. The Balaban J connectivity index is 1.79. The number of rotatable bonds is 5. The van der Waals surface area contributed by atoms with E-state index in [0.29, 0.717) is 27.6 Å². The van der Waals surface area contributed by atoms with Gasteiger partial charge in [-0.3, -0.25) is 14.5 Å². The summed E-state index contributed by atoms with van der Waals surface area (Å²) in [6.07, 6.45) is 3.16. The third-order valence-corrected chi connectivity index (χ3v) is 5.85. The minimum atomic E-state index is -0.306. The highest BCUT2D eigenvalue weighted by molar-refractivity contribution is 6.36. The standard InChI is InChI=1S/C23H23ClN2O3/c1-29-19-12-6-4-10-17(19)20-21(25-13-7-2-8-14-25)23(28)26(22(20)27)15-16-9-3-5-11-18(16)24/h3-6,9-12H,2,7-8,13-15H2,1H3. The van der Waals surface area contributed by atoms with Crippen molar-refractivity contribution in [1.29, 1.82) is 0 Å². The zero-order valence-corrected chi connectivity index (χ0v) is 17.1. The van der Waals surface area contributed by atoms with E-state index in [1.807, 2.05) is 42.5 Å². The summed E-state index contributed by atoms with van der Waals surface area (Å²) >= 11 is 6.29. The number of hydrogen-bond acceptors (Lipinski definition) is 4. The lowest BCUT2D eigenvalue weighted by atomic mass is 10.0. The SMILES string of the molecule is COc1ccccc1C1=C(N2CCCCC2)C(=O)N(Cc2ccccc2Cl)C1=O. The van der Waals surface area contributed by atoms with Gasteiger partial charge in [-0.05, 0) is 37.0 Å². The van der Waals surface area contributed by atoms with Gasteiger partial charge in [0.1, 0.15) is 11.4 Å². The van der Waals surface area contributed by atoms with Gasteiger partial charge in [0.15, 0.2) is 0 Å². The predicted molar refractivity (Wildman–Crippen MR) is 112 cm³/mol. The molecule has 150 valence electrons. The van der Waals surface area contributed by atoms with E-state index in [4.69, 9.17) is 16.3 Å². The lowest BCUT2D eigenvalue weighted by molar-refractivity contribution is -0.138. The molecule has 0 bridgehead atoms. The monoisotopic (exact) mass is 410 g/mol. The van der Waals surface area contributed by atoms with Crippen molar-refractivity contribution in [3.05, 3.63) is 70.4 Å². The van der Waals surface area contributed by atoms with E-state index in [1.165, 1.54) is 4.90 Å². The van der Waals surface area contributed by atoms with Gasteiger partial charge in [-0.1, -0.05) is 48.0 Å². The van der Waals surface area contributed by atoms with Crippen molar-refractivity contribution in [3.63, 3.8) is 0 Å². The van der Waals surface area contributed by atoms with E-state index in [0.717, 1.165) is 37.9 Å². The quantitative estimate of drug-likeness (QED) is 0.696. The van der Waals surface area contributed by atoms with E-state index in [1.54, 1.807) is 13.2 Å². The van der Waals surface area contributed by atoms with Gasteiger partial charge in [0.25, 0.3) is 11.8 Å². The minimum absolute atomic E-state index is 0.146. The molecular weight excluding hydrogens is 388 g/mol.